The molecule has 1 aromatic carbocycles. The van der Waals surface area contributed by atoms with Crippen LogP contribution < -0.4 is 5.32 Å². The fourth-order valence-corrected chi connectivity index (χ4v) is 4.50. The number of anilines is 1. The lowest BCUT2D eigenvalue weighted by atomic mass is 10.2. The van der Waals surface area contributed by atoms with E-state index in [2.05, 4.69) is 20.4 Å². The smallest absolute Gasteiger partial charge is 0.214 e. The molecular weight excluding hydrogens is 381 g/mol. The maximum Gasteiger partial charge on any atom is 0.214 e. The van der Waals surface area contributed by atoms with Crippen LogP contribution in [-0.4, -0.2) is 35.0 Å². The molecule has 7 nitrogen and oxygen atoms in total. The van der Waals surface area contributed by atoms with Crippen LogP contribution in [0.15, 0.2) is 64.6 Å². The zero-order chi connectivity index (χ0) is 19.9. The Kier molecular flexibility index (Phi) is 4.31. The van der Waals surface area contributed by atoms with Crippen molar-refractivity contribution in [3.8, 4) is 11.3 Å². The highest BCUT2D eigenvalue weighted by Gasteiger charge is 2.29. The van der Waals surface area contributed by atoms with E-state index in [4.69, 9.17) is 0 Å². The van der Waals surface area contributed by atoms with Gasteiger partial charge in [0, 0.05) is 30.7 Å². The zero-order valence-electron chi connectivity index (χ0n) is 15.1. The number of halogens is 1. The Bertz CT molecular complexity index is 1290. The topological polar surface area (TPSA) is 89.2 Å². The number of nitrogens with one attached hydrogen (secondary N) is 1. The van der Waals surface area contributed by atoms with Gasteiger partial charge in [0.05, 0.1) is 10.6 Å². The summed E-state index contributed by atoms with van der Waals surface area (Å²) in [6.07, 6.45) is 3.29. The Morgan fingerprint density at radius 3 is 2.64 bits per heavy atom. The second kappa shape index (κ2) is 6.68. The van der Waals surface area contributed by atoms with Crippen molar-refractivity contribution in [3.63, 3.8) is 0 Å². The first-order valence-electron chi connectivity index (χ1n) is 8.41. The minimum absolute atomic E-state index is 0.102. The second-order valence-electron chi connectivity index (χ2n) is 6.15. The van der Waals surface area contributed by atoms with E-state index in [1.165, 1.54) is 22.7 Å². The molecule has 0 fully saturated rings. The van der Waals surface area contributed by atoms with Crippen LogP contribution in [0.5, 0.6) is 0 Å². The summed E-state index contributed by atoms with van der Waals surface area (Å²) in [4.78, 5) is 8.36. The van der Waals surface area contributed by atoms with E-state index in [9.17, 15) is 12.8 Å². The lowest BCUT2D eigenvalue weighted by Crippen LogP contribution is -2.06. The number of rotatable bonds is 4. The highest BCUT2D eigenvalue weighted by Crippen LogP contribution is 2.32. The number of nitrogens with zero attached hydrogens (tertiary/aromatic N) is 4. The number of hydrogen-bond acceptors (Lipinski definition) is 6. The van der Waals surface area contributed by atoms with E-state index in [0.717, 1.165) is 11.6 Å². The van der Waals surface area contributed by atoms with Crippen LogP contribution >= 0.6 is 0 Å². The predicted octanol–water partition coefficient (Wildman–Crippen LogP) is 3.11. The highest BCUT2D eigenvalue weighted by molar-refractivity contribution is 7.91. The van der Waals surface area contributed by atoms with E-state index >= 15 is 0 Å². The SMILES string of the molecule is CNc1nn2c(C)cc(-c3cccnc3)nc2c1S(=O)(=O)c1cccc(F)c1. The second-order valence-corrected chi connectivity index (χ2v) is 8.03. The maximum atomic E-state index is 13.7. The van der Waals surface area contributed by atoms with Crippen molar-refractivity contribution < 1.29 is 12.8 Å². The monoisotopic (exact) mass is 397 g/mol. The van der Waals surface area contributed by atoms with Crippen LogP contribution in [-0.2, 0) is 9.84 Å². The van der Waals surface area contributed by atoms with Crippen LogP contribution in [0.3, 0.4) is 0 Å². The number of aryl methyl sites for hydroxylation is 1. The van der Waals surface area contributed by atoms with Crippen molar-refractivity contribution >= 4 is 21.3 Å². The summed E-state index contributed by atoms with van der Waals surface area (Å²) in [7, 11) is -2.49. The molecule has 0 aliphatic carbocycles. The molecule has 0 saturated heterocycles. The van der Waals surface area contributed by atoms with Gasteiger partial charge in [0.1, 0.15) is 5.82 Å². The molecule has 0 radical (unpaired) electrons. The number of aromatic nitrogens is 4. The molecule has 1 N–H and O–H groups in total. The maximum absolute atomic E-state index is 13.7. The van der Waals surface area contributed by atoms with E-state index in [0.29, 0.717) is 11.4 Å². The fourth-order valence-electron chi connectivity index (χ4n) is 2.97. The average molecular weight is 397 g/mol. The van der Waals surface area contributed by atoms with Gasteiger partial charge in [-0.05, 0) is 43.3 Å². The summed E-state index contributed by atoms with van der Waals surface area (Å²) >= 11 is 0. The Balaban J connectivity index is 2.03. The van der Waals surface area contributed by atoms with Gasteiger partial charge < -0.3 is 5.32 Å². The van der Waals surface area contributed by atoms with Crippen molar-refractivity contribution in [2.24, 2.45) is 0 Å². The summed E-state index contributed by atoms with van der Waals surface area (Å²) in [5, 5.41) is 7.14. The molecule has 0 bridgehead atoms. The normalized spacial score (nSPS) is 11.7. The molecule has 0 saturated carbocycles. The highest BCUT2D eigenvalue weighted by atomic mass is 32.2. The quantitative estimate of drug-likeness (QED) is 0.569. The van der Waals surface area contributed by atoms with Gasteiger partial charge >= 0.3 is 0 Å². The van der Waals surface area contributed by atoms with Crippen molar-refractivity contribution in [3.05, 3.63) is 66.4 Å². The number of sulfone groups is 1. The fraction of sp³-hybridized carbons (Fsp3) is 0.105. The number of fused-ring (bicyclic) bond motifs is 1. The Morgan fingerprint density at radius 1 is 1.14 bits per heavy atom. The van der Waals surface area contributed by atoms with E-state index in [1.54, 1.807) is 38.5 Å². The van der Waals surface area contributed by atoms with E-state index < -0.39 is 15.7 Å². The lowest BCUT2D eigenvalue weighted by molar-refractivity contribution is 0.591. The van der Waals surface area contributed by atoms with Crippen LogP contribution in [0.2, 0.25) is 0 Å². The van der Waals surface area contributed by atoms with Crippen molar-refractivity contribution in [2.75, 3.05) is 12.4 Å². The van der Waals surface area contributed by atoms with Crippen LogP contribution in [0.1, 0.15) is 5.69 Å². The summed E-state index contributed by atoms with van der Waals surface area (Å²) in [6.45, 7) is 1.81. The minimum Gasteiger partial charge on any atom is -0.370 e. The molecule has 0 unspecified atom stereocenters. The van der Waals surface area contributed by atoms with Crippen LogP contribution in [0.4, 0.5) is 10.2 Å². The standard InChI is InChI=1S/C19H16FN5O2S/c1-12-9-16(13-5-4-8-22-11-13)23-19-17(18(21-2)24-25(12)19)28(26,27)15-7-3-6-14(20)10-15/h3-11H,1-2H3,(H,21,24). The van der Waals surface area contributed by atoms with E-state index in [1.807, 2.05) is 6.07 Å². The Hall–Kier alpha value is -3.33. The predicted molar refractivity (Wildman–Crippen MR) is 102 cm³/mol. The Morgan fingerprint density at radius 2 is 1.96 bits per heavy atom. The molecule has 3 aromatic heterocycles. The van der Waals surface area contributed by atoms with Gasteiger partial charge in [-0.1, -0.05) is 6.07 Å². The molecule has 142 valence electrons. The molecule has 0 spiro atoms. The molecule has 0 atom stereocenters. The molecule has 4 rings (SSSR count). The van der Waals surface area contributed by atoms with Crippen molar-refractivity contribution in [1.29, 1.82) is 0 Å². The average Bonchev–Trinajstić information content (AvgIpc) is 3.08. The van der Waals surface area contributed by atoms with Crippen molar-refractivity contribution in [1.82, 2.24) is 19.6 Å². The summed E-state index contributed by atoms with van der Waals surface area (Å²) in [5.41, 5.74) is 2.17. The summed E-state index contributed by atoms with van der Waals surface area (Å²) in [5.74, 6) is -0.494. The van der Waals surface area contributed by atoms with Gasteiger partial charge in [0.15, 0.2) is 16.4 Å². The van der Waals surface area contributed by atoms with Gasteiger partial charge in [-0.3, -0.25) is 4.98 Å². The third kappa shape index (κ3) is 2.89. The number of hydrogen-bond donors (Lipinski definition) is 1. The van der Waals surface area contributed by atoms with Crippen molar-refractivity contribution in [2.45, 2.75) is 16.7 Å². The van der Waals surface area contributed by atoms with Gasteiger partial charge in [-0.15, -0.1) is 5.10 Å². The molecule has 28 heavy (non-hydrogen) atoms. The molecule has 3 heterocycles. The number of pyridine rings is 1. The van der Waals surface area contributed by atoms with Crippen LogP contribution in [0.25, 0.3) is 16.9 Å². The van der Waals surface area contributed by atoms with Gasteiger partial charge in [-0.2, -0.15) is 0 Å². The van der Waals surface area contributed by atoms with Crippen LogP contribution in [0, 0.1) is 12.7 Å². The summed E-state index contributed by atoms with van der Waals surface area (Å²) < 4.78 is 41.7. The molecule has 0 amide bonds. The molecule has 9 heteroatoms. The number of benzene rings is 1. The first-order chi connectivity index (χ1) is 13.4. The lowest BCUT2D eigenvalue weighted by Gasteiger charge is -2.07. The largest absolute Gasteiger partial charge is 0.370 e. The van der Waals surface area contributed by atoms with Gasteiger partial charge in [0.2, 0.25) is 9.84 Å². The first kappa shape index (κ1) is 18.1. The van der Waals surface area contributed by atoms with Gasteiger partial charge in [-0.25, -0.2) is 22.3 Å². The Labute approximate surface area is 160 Å². The minimum atomic E-state index is -4.07. The molecular formula is C19H16FN5O2S. The summed E-state index contributed by atoms with van der Waals surface area (Å²) in [6, 6.07) is 10.3. The first-order valence-corrected chi connectivity index (χ1v) is 9.89. The molecule has 0 aliphatic rings. The van der Waals surface area contributed by atoms with E-state index in [-0.39, 0.29) is 21.3 Å². The zero-order valence-corrected chi connectivity index (χ0v) is 15.9. The third-order valence-electron chi connectivity index (χ3n) is 4.29. The molecule has 0 aliphatic heterocycles. The van der Waals surface area contributed by atoms with Gasteiger partial charge in [0.25, 0.3) is 0 Å². The molecule has 4 aromatic rings. The third-order valence-corrected chi connectivity index (χ3v) is 6.08.